The molecule has 0 heterocycles. The van der Waals surface area contributed by atoms with Crippen LogP contribution >= 0.6 is 0 Å². The van der Waals surface area contributed by atoms with Crippen LogP contribution in [0, 0.1) is 11.8 Å². The van der Waals surface area contributed by atoms with Gasteiger partial charge in [0.25, 0.3) is 0 Å². The Morgan fingerprint density at radius 3 is 2.24 bits per heavy atom. The summed E-state index contributed by atoms with van der Waals surface area (Å²) < 4.78 is 46.6. The Kier molecular flexibility index (Phi) is 8.07. The van der Waals surface area contributed by atoms with Gasteiger partial charge >= 0.3 is 6.18 Å². The molecule has 2 nitrogen and oxygen atoms in total. The van der Waals surface area contributed by atoms with E-state index in [4.69, 9.17) is 4.74 Å². The fourth-order valence-electron chi connectivity index (χ4n) is 3.36. The summed E-state index contributed by atoms with van der Waals surface area (Å²) in [5, 5.41) is 0. The second-order valence-corrected chi connectivity index (χ2v) is 7.09. The van der Waals surface area contributed by atoms with Crippen molar-refractivity contribution in [3.63, 3.8) is 0 Å². The molecule has 1 aromatic carbocycles. The minimum absolute atomic E-state index is 0.0401. The van der Waals surface area contributed by atoms with Crippen LogP contribution in [0.5, 0.6) is 5.75 Å². The van der Waals surface area contributed by atoms with Crippen molar-refractivity contribution in [2.45, 2.75) is 64.7 Å². The summed E-state index contributed by atoms with van der Waals surface area (Å²) >= 11 is 0. The average Bonchev–Trinajstić information content (AvgIpc) is 2.59. The number of unbranched alkanes of at least 4 members (excludes halogenated alkanes) is 1. The van der Waals surface area contributed by atoms with Crippen molar-refractivity contribution >= 4 is 0 Å². The van der Waals surface area contributed by atoms with Crippen molar-refractivity contribution < 1.29 is 22.6 Å². The third-order valence-corrected chi connectivity index (χ3v) is 4.88. The summed E-state index contributed by atoms with van der Waals surface area (Å²) in [5.41, 5.74) is 0.716. The lowest BCUT2D eigenvalue weighted by Gasteiger charge is -2.28. The summed E-state index contributed by atoms with van der Waals surface area (Å²) in [6, 6.07) is 7.12. The van der Waals surface area contributed by atoms with Gasteiger partial charge in [-0.2, -0.15) is 13.2 Å². The summed E-state index contributed by atoms with van der Waals surface area (Å²) in [5.74, 6) is 2.28. The molecule has 0 radical (unpaired) electrons. The third-order valence-electron chi connectivity index (χ3n) is 4.88. The monoisotopic (exact) mass is 358 g/mol. The van der Waals surface area contributed by atoms with Gasteiger partial charge in [0.1, 0.15) is 12.4 Å². The van der Waals surface area contributed by atoms with E-state index in [1.54, 1.807) is 24.3 Å². The molecular weight excluding hydrogens is 329 g/mol. The summed E-state index contributed by atoms with van der Waals surface area (Å²) in [4.78, 5) is 0. The van der Waals surface area contributed by atoms with Gasteiger partial charge in [-0.3, -0.25) is 0 Å². The molecule has 2 rings (SSSR count). The molecule has 1 aliphatic rings. The van der Waals surface area contributed by atoms with E-state index in [2.05, 4.69) is 11.7 Å². The molecule has 5 heteroatoms. The molecule has 1 aromatic rings. The van der Waals surface area contributed by atoms with E-state index in [0.29, 0.717) is 11.5 Å². The molecule has 0 unspecified atom stereocenters. The van der Waals surface area contributed by atoms with Crippen LogP contribution < -0.4 is 4.74 Å². The zero-order valence-electron chi connectivity index (χ0n) is 15.0. The Hall–Kier alpha value is -1.23. The third kappa shape index (κ3) is 8.13. The summed E-state index contributed by atoms with van der Waals surface area (Å²) in [7, 11) is 0. The molecule has 0 saturated heterocycles. The van der Waals surface area contributed by atoms with E-state index in [1.807, 2.05) is 0 Å². The molecule has 0 bridgehead atoms. The average molecular weight is 358 g/mol. The van der Waals surface area contributed by atoms with E-state index in [-0.39, 0.29) is 6.61 Å². The van der Waals surface area contributed by atoms with Gasteiger partial charge in [0.2, 0.25) is 0 Å². The van der Waals surface area contributed by atoms with Crippen LogP contribution in [-0.2, 0) is 11.3 Å². The first-order chi connectivity index (χ1) is 12.0. The van der Waals surface area contributed by atoms with E-state index in [0.717, 1.165) is 18.3 Å². The van der Waals surface area contributed by atoms with Crippen LogP contribution in [0.3, 0.4) is 0 Å². The van der Waals surface area contributed by atoms with Gasteiger partial charge in [-0.15, -0.1) is 0 Å². The molecule has 1 aliphatic carbocycles. The van der Waals surface area contributed by atoms with Crippen molar-refractivity contribution in [3.8, 4) is 5.75 Å². The fraction of sp³-hybridized carbons (Fsp3) is 0.700. The van der Waals surface area contributed by atoms with Crippen molar-refractivity contribution in [2.75, 3.05) is 13.2 Å². The smallest absolute Gasteiger partial charge is 0.411 e. The first-order valence-electron chi connectivity index (χ1n) is 9.32. The first-order valence-corrected chi connectivity index (χ1v) is 9.32. The van der Waals surface area contributed by atoms with E-state index in [1.165, 1.54) is 44.9 Å². The Morgan fingerprint density at radius 2 is 1.64 bits per heavy atom. The summed E-state index contributed by atoms with van der Waals surface area (Å²) in [6.45, 7) is 1.71. The molecule has 25 heavy (non-hydrogen) atoms. The van der Waals surface area contributed by atoms with Crippen molar-refractivity contribution in [1.82, 2.24) is 0 Å². The molecule has 0 N–H and O–H groups in total. The minimum Gasteiger partial charge on any atom is -0.493 e. The van der Waals surface area contributed by atoms with Crippen LogP contribution in [0.1, 0.15) is 57.4 Å². The zero-order valence-corrected chi connectivity index (χ0v) is 15.0. The number of halogens is 3. The highest BCUT2D eigenvalue weighted by atomic mass is 19.4. The van der Waals surface area contributed by atoms with Crippen molar-refractivity contribution in [2.24, 2.45) is 11.8 Å². The molecule has 1 saturated carbocycles. The predicted octanol–water partition coefficient (Wildman–Crippen LogP) is 6.14. The molecular formula is C20H29F3O2. The largest absolute Gasteiger partial charge is 0.493 e. The Bertz CT molecular complexity index is 477. The van der Waals surface area contributed by atoms with Crippen LogP contribution in [0.4, 0.5) is 13.2 Å². The maximum Gasteiger partial charge on any atom is 0.411 e. The fourth-order valence-corrected chi connectivity index (χ4v) is 3.36. The molecule has 0 aliphatic heterocycles. The molecule has 142 valence electrons. The van der Waals surface area contributed by atoms with Gasteiger partial charge < -0.3 is 9.47 Å². The first kappa shape index (κ1) is 20.1. The van der Waals surface area contributed by atoms with E-state index < -0.39 is 12.8 Å². The number of alkyl halides is 3. The van der Waals surface area contributed by atoms with Crippen molar-refractivity contribution in [1.29, 1.82) is 0 Å². The topological polar surface area (TPSA) is 18.5 Å². The standard InChI is InChI=1S/C20H29F3O2/c1-2-3-4-16-5-7-18(8-6-16)14-25-19-11-9-17(10-12-19)13-24-15-20(21,22)23/h9-12,16,18H,2-8,13-15H2,1H3. The second-order valence-electron chi connectivity index (χ2n) is 7.09. The lowest BCUT2D eigenvalue weighted by atomic mass is 9.80. The van der Waals surface area contributed by atoms with Gasteiger partial charge in [-0.05, 0) is 42.4 Å². The Morgan fingerprint density at radius 1 is 1.00 bits per heavy atom. The maximum atomic E-state index is 12.0. The molecule has 0 spiro atoms. The van der Waals surface area contributed by atoms with Gasteiger partial charge in [0, 0.05) is 0 Å². The van der Waals surface area contributed by atoms with Crippen molar-refractivity contribution in [3.05, 3.63) is 29.8 Å². The number of hydrogen-bond donors (Lipinski definition) is 0. The van der Waals surface area contributed by atoms with Crippen LogP contribution in [0.15, 0.2) is 24.3 Å². The minimum atomic E-state index is -4.28. The lowest BCUT2D eigenvalue weighted by Crippen LogP contribution is -2.20. The highest BCUT2D eigenvalue weighted by Gasteiger charge is 2.27. The SMILES string of the molecule is CCCCC1CCC(COc2ccc(COCC(F)(F)F)cc2)CC1. The highest BCUT2D eigenvalue weighted by Crippen LogP contribution is 2.32. The van der Waals surface area contributed by atoms with Crippen LogP contribution in [0.2, 0.25) is 0 Å². The molecule has 0 aromatic heterocycles. The Balaban J connectivity index is 1.65. The quantitative estimate of drug-likeness (QED) is 0.528. The predicted molar refractivity (Wildman–Crippen MR) is 92.6 cm³/mol. The molecule has 1 fully saturated rings. The number of hydrogen-bond acceptors (Lipinski definition) is 2. The molecule has 0 amide bonds. The van der Waals surface area contributed by atoms with Gasteiger partial charge in [0.05, 0.1) is 13.2 Å². The van der Waals surface area contributed by atoms with E-state index in [9.17, 15) is 13.2 Å². The maximum absolute atomic E-state index is 12.0. The van der Waals surface area contributed by atoms with Crippen LogP contribution in [-0.4, -0.2) is 19.4 Å². The number of benzene rings is 1. The number of rotatable bonds is 9. The number of ether oxygens (including phenoxy) is 2. The van der Waals surface area contributed by atoms with Gasteiger partial charge in [0.15, 0.2) is 0 Å². The van der Waals surface area contributed by atoms with Gasteiger partial charge in [-0.25, -0.2) is 0 Å². The zero-order chi connectivity index (χ0) is 18.1. The molecule has 0 atom stereocenters. The normalized spacial score (nSPS) is 21.3. The lowest BCUT2D eigenvalue weighted by molar-refractivity contribution is -0.176. The second kappa shape index (κ2) is 10.0. The van der Waals surface area contributed by atoms with Crippen LogP contribution in [0.25, 0.3) is 0 Å². The summed E-state index contributed by atoms with van der Waals surface area (Å²) in [6.07, 6.45) is 4.79. The van der Waals surface area contributed by atoms with Gasteiger partial charge in [-0.1, -0.05) is 51.2 Å². The van der Waals surface area contributed by atoms with E-state index >= 15 is 0 Å². The highest BCUT2D eigenvalue weighted by molar-refractivity contribution is 5.26. The Labute approximate surface area is 148 Å².